The maximum atomic E-state index is 9.11. The second kappa shape index (κ2) is 1.87. The molecule has 0 aromatic rings. The second-order valence-corrected chi connectivity index (χ2v) is 2.69. The molecule has 2 unspecified atom stereocenters. The molecule has 1 N–H and O–H groups in total. The van der Waals surface area contributed by atoms with Gasteiger partial charge in [0.15, 0.2) is 5.79 Å². The third-order valence-corrected chi connectivity index (χ3v) is 1.97. The van der Waals surface area contributed by atoms with Crippen molar-refractivity contribution in [3.63, 3.8) is 0 Å². The molecule has 1 rings (SSSR count). The summed E-state index contributed by atoms with van der Waals surface area (Å²) < 4.78 is 4.88. The molecule has 0 saturated carbocycles. The van der Waals surface area contributed by atoms with Crippen molar-refractivity contribution in [3.05, 3.63) is 0 Å². The number of alkyl halides is 1. The van der Waals surface area contributed by atoms with Gasteiger partial charge in [-0.25, -0.2) is 0 Å². The molecule has 1 heterocycles. The molecule has 2 nitrogen and oxygen atoms in total. The lowest BCUT2D eigenvalue weighted by atomic mass is 10.2. The first kappa shape index (κ1) is 6.33. The van der Waals surface area contributed by atoms with Gasteiger partial charge in [-0.05, 0) is 13.3 Å². The summed E-state index contributed by atoms with van der Waals surface area (Å²) in [5, 5.41) is 8.88. The summed E-state index contributed by atoms with van der Waals surface area (Å²) in [6.07, 6.45) is 0.745. The van der Waals surface area contributed by atoms with Crippen molar-refractivity contribution in [2.45, 2.75) is 24.5 Å². The highest BCUT2D eigenvalue weighted by molar-refractivity contribution is 6.21. The Kier molecular flexibility index (Phi) is 1.48. The Morgan fingerprint density at radius 2 is 2.50 bits per heavy atom. The third kappa shape index (κ3) is 0.966. The van der Waals surface area contributed by atoms with Crippen molar-refractivity contribution < 1.29 is 9.84 Å². The van der Waals surface area contributed by atoms with Gasteiger partial charge in [0.25, 0.3) is 0 Å². The molecule has 1 saturated heterocycles. The van der Waals surface area contributed by atoms with Crippen LogP contribution in [-0.2, 0) is 4.74 Å². The number of hydrogen-bond acceptors (Lipinski definition) is 2. The molecule has 0 aromatic carbocycles. The first-order chi connectivity index (χ1) is 3.63. The molecule has 0 aliphatic carbocycles. The van der Waals surface area contributed by atoms with Gasteiger partial charge in [-0.3, -0.25) is 0 Å². The summed E-state index contributed by atoms with van der Waals surface area (Å²) >= 11 is 5.63. The molecule has 0 spiro atoms. The van der Waals surface area contributed by atoms with Crippen LogP contribution in [0.4, 0.5) is 0 Å². The van der Waals surface area contributed by atoms with Crippen molar-refractivity contribution in [2.75, 3.05) is 6.61 Å². The Balaban J connectivity index is 2.54. The van der Waals surface area contributed by atoms with E-state index in [9.17, 15) is 0 Å². The molecule has 0 bridgehead atoms. The summed E-state index contributed by atoms with van der Waals surface area (Å²) in [5.74, 6) is -1.08. The summed E-state index contributed by atoms with van der Waals surface area (Å²) in [6.45, 7) is 2.15. The number of rotatable bonds is 0. The van der Waals surface area contributed by atoms with E-state index in [4.69, 9.17) is 21.4 Å². The van der Waals surface area contributed by atoms with E-state index in [1.165, 1.54) is 0 Å². The standard InChI is InChI=1S/C5H9ClO2/c1-5(7)4(6)2-3-8-5/h4,7H,2-3H2,1H3. The van der Waals surface area contributed by atoms with Crippen molar-refractivity contribution in [3.8, 4) is 0 Å². The SMILES string of the molecule is CC1(O)OCCC1Cl. The molecule has 0 radical (unpaired) electrons. The zero-order valence-electron chi connectivity index (χ0n) is 4.72. The van der Waals surface area contributed by atoms with E-state index in [1.807, 2.05) is 0 Å². The highest BCUT2D eigenvalue weighted by Crippen LogP contribution is 2.26. The fraction of sp³-hybridized carbons (Fsp3) is 1.00. The van der Waals surface area contributed by atoms with Crippen LogP contribution < -0.4 is 0 Å². The molecule has 2 atom stereocenters. The first-order valence-corrected chi connectivity index (χ1v) is 3.07. The Morgan fingerprint density at radius 3 is 2.62 bits per heavy atom. The number of aliphatic hydroxyl groups is 1. The van der Waals surface area contributed by atoms with Crippen LogP contribution in [0.5, 0.6) is 0 Å². The highest BCUT2D eigenvalue weighted by atomic mass is 35.5. The fourth-order valence-corrected chi connectivity index (χ4v) is 0.879. The average Bonchev–Trinajstić information content (AvgIpc) is 1.86. The molecule has 1 aliphatic heterocycles. The van der Waals surface area contributed by atoms with Gasteiger partial charge in [-0.2, -0.15) is 0 Å². The van der Waals surface area contributed by atoms with E-state index in [0.29, 0.717) is 6.61 Å². The zero-order valence-corrected chi connectivity index (χ0v) is 5.48. The maximum absolute atomic E-state index is 9.11. The van der Waals surface area contributed by atoms with Gasteiger partial charge >= 0.3 is 0 Å². The summed E-state index contributed by atoms with van der Waals surface area (Å²) in [7, 11) is 0. The van der Waals surface area contributed by atoms with Gasteiger partial charge in [-0.1, -0.05) is 0 Å². The van der Waals surface area contributed by atoms with E-state index in [1.54, 1.807) is 6.92 Å². The Bertz CT molecular complexity index is 92.4. The van der Waals surface area contributed by atoms with Crippen LogP contribution in [0.25, 0.3) is 0 Å². The summed E-state index contributed by atoms with van der Waals surface area (Å²) in [6, 6.07) is 0. The van der Waals surface area contributed by atoms with E-state index in [-0.39, 0.29) is 5.38 Å². The maximum Gasteiger partial charge on any atom is 0.179 e. The van der Waals surface area contributed by atoms with Gasteiger partial charge < -0.3 is 9.84 Å². The molecule has 1 fully saturated rings. The molecular formula is C5H9ClO2. The molecule has 8 heavy (non-hydrogen) atoms. The Labute approximate surface area is 53.4 Å². The van der Waals surface area contributed by atoms with Gasteiger partial charge in [0.1, 0.15) is 0 Å². The van der Waals surface area contributed by atoms with E-state index < -0.39 is 5.79 Å². The minimum atomic E-state index is -1.08. The third-order valence-electron chi connectivity index (χ3n) is 1.35. The van der Waals surface area contributed by atoms with Gasteiger partial charge in [0, 0.05) is 0 Å². The molecule has 48 valence electrons. The lowest BCUT2D eigenvalue weighted by molar-refractivity contribution is -0.152. The van der Waals surface area contributed by atoms with Crippen LogP contribution in [0.3, 0.4) is 0 Å². The van der Waals surface area contributed by atoms with Crippen molar-refractivity contribution in [2.24, 2.45) is 0 Å². The predicted molar refractivity (Wildman–Crippen MR) is 30.8 cm³/mol. The Morgan fingerprint density at radius 1 is 1.88 bits per heavy atom. The molecule has 1 aliphatic rings. The normalized spacial score (nSPS) is 47.6. The van der Waals surface area contributed by atoms with Crippen LogP contribution >= 0.6 is 11.6 Å². The molecule has 3 heteroatoms. The minimum Gasteiger partial charge on any atom is -0.364 e. The van der Waals surface area contributed by atoms with Crippen molar-refractivity contribution in [1.82, 2.24) is 0 Å². The molecule has 0 aromatic heterocycles. The quantitative estimate of drug-likeness (QED) is 0.498. The van der Waals surface area contributed by atoms with E-state index >= 15 is 0 Å². The van der Waals surface area contributed by atoms with Crippen LogP contribution in [0.1, 0.15) is 13.3 Å². The average molecular weight is 137 g/mol. The van der Waals surface area contributed by atoms with Crippen LogP contribution in [0, 0.1) is 0 Å². The van der Waals surface area contributed by atoms with E-state index in [0.717, 1.165) is 6.42 Å². The smallest absolute Gasteiger partial charge is 0.179 e. The topological polar surface area (TPSA) is 29.5 Å². The lowest BCUT2D eigenvalue weighted by Crippen LogP contribution is -2.31. The number of hydrogen-bond donors (Lipinski definition) is 1. The first-order valence-electron chi connectivity index (χ1n) is 2.63. The van der Waals surface area contributed by atoms with Gasteiger partial charge in [0.2, 0.25) is 0 Å². The zero-order chi connectivity index (χ0) is 6.20. The lowest BCUT2D eigenvalue weighted by Gasteiger charge is -2.18. The molecular weight excluding hydrogens is 128 g/mol. The monoisotopic (exact) mass is 136 g/mol. The van der Waals surface area contributed by atoms with Crippen LogP contribution in [-0.4, -0.2) is 22.9 Å². The summed E-state index contributed by atoms with van der Waals surface area (Å²) in [4.78, 5) is 0. The van der Waals surface area contributed by atoms with Crippen LogP contribution in [0.2, 0.25) is 0 Å². The minimum absolute atomic E-state index is 0.234. The summed E-state index contributed by atoms with van der Waals surface area (Å²) in [5.41, 5.74) is 0. The highest BCUT2D eigenvalue weighted by Gasteiger charge is 2.36. The molecule has 0 amide bonds. The van der Waals surface area contributed by atoms with Crippen LogP contribution in [0.15, 0.2) is 0 Å². The van der Waals surface area contributed by atoms with Gasteiger partial charge in [0.05, 0.1) is 12.0 Å². The Hall–Kier alpha value is 0.210. The van der Waals surface area contributed by atoms with Gasteiger partial charge in [-0.15, -0.1) is 11.6 Å². The number of ether oxygens (including phenoxy) is 1. The predicted octanol–water partition coefficient (Wildman–Crippen LogP) is 0.723. The van der Waals surface area contributed by atoms with E-state index in [2.05, 4.69) is 0 Å². The van der Waals surface area contributed by atoms with Crippen molar-refractivity contribution >= 4 is 11.6 Å². The fourth-order valence-electron chi connectivity index (χ4n) is 0.727. The largest absolute Gasteiger partial charge is 0.364 e. The second-order valence-electron chi connectivity index (χ2n) is 2.16. The number of halogens is 1. The van der Waals surface area contributed by atoms with Crippen molar-refractivity contribution in [1.29, 1.82) is 0 Å².